The first kappa shape index (κ1) is 19.0. The second-order valence-corrected chi connectivity index (χ2v) is 7.34. The number of hydrogen-bond donors (Lipinski definition) is 0. The number of nitrogens with zero attached hydrogens (tertiary/aromatic N) is 2. The average molecular weight is 390 g/mol. The molecule has 6 nitrogen and oxygen atoms in total. The van der Waals surface area contributed by atoms with Gasteiger partial charge in [0.25, 0.3) is 11.8 Å². The standard InChI is InChI=1S/C23H22N2O4/c1-28-20-11-10-15(14-21(20)29-16-6-2-3-7-16)19(12-13-24)25-22(26)17-8-4-5-9-18(17)23(25)27/h4-5,8-11,14,16,19H,2-3,6-7,12H2,1H3/t19-/m1/s1. The minimum atomic E-state index is -0.691. The maximum atomic E-state index is 12.9. The van der Waals surface area contributed by atoms with E-state index in [-0.39, 0.29) is 24.3 Å². The van der Waals surface area contributed by atoms with Crippen LogP contribution in [0, 0.1) is 11.3 Å². The van der Waals surface area contributed by atoms with Gasteiger partial charge in [0, 0.05) is 0 Å². The number of ether oxygens (including phenoxy) is 2. The van der Waals surface area contributed by atoms with E-state index in [0.717, 1.165) is 25.7 Å². The van der Waals surface area contributed by atoms with E-state index in [0.29, 0.717) is 28.2 Å². The maximum Gasteiger partial charge on any atom is 0.262 e. The van der Waals surface area contributed by atoms with Crippen LogP contribution in [0.4, 0.5) is 0 Å². The van der Waals surface area contributed by atoms with Crippen LogP contribution in [0.5, 0.6) is 11.5 Å². The van der Waals surface area contributed by atoms with E-state index in [1.807, 2.05) is 0 Å². The van der Waals surface area contributed by atoms with Crippen molar-refractivity contribution in [3.05, 3.63) is 59.2 Å². The number of amides is 2. The van der Waals surface area contributed by atoms with Crippen molar-refractivity contribution < 1.29 is 19.1 Å². The van der Waals surface area contributed by atoms with Crippen LogP contribution in [0.2, 0.25) is 0 Å². The molecule has 1 aliphatic carbocycles. The lowest BCUT2D eigenvalue weighted by Crippen LogP contribution is -2.34. The number of carbonyl (C=O) groups is 2. The van der Waals surface area contributed by atoms with E-state index in [4.69, 9.17) is 9.47 Å². The zero-order valence-electron chi connectivity index (χ0n) is 16.3. The molecule has 0 saturated heterocycles. The molecule has 6 heteroatoms. The van der Waals surface area contributed by atoms with Crippen LogP contribution in [0.3, 0.4) is 0 Å². The van der Waals surface area contributed by atoms with E-state index in [1.54, 1.807) is 49.6 Å². The normalized spacial score (nSPS) is 17.2. The molecule has 1 atom stereocenters. The summed E-state index contributed by atoms with van der Waals surface area (Å²) in [5, 5.41) is 9.39. The average Bonchev–Trinajstić information content (AvgIpc) is 3.34. The highest BCUT2D eigenvalue weighted by atomic mass is 16.5. The van der Waals surface area contributed by atoms with Crippen molar-refractivity contribution >= 4 is 11.8 Å². The first-order valence-corrected chi connectivity index (χ1v) is 9.82. The van der Waals surface area contributed by atoms with Gasteiger partial charge in [0.15, 0.2) is 11.5 Å². The summed E-state index contributed by atoms with van der Waals surface area (Å²) in [6.07, 6.45) is 4.40. The van der Waals surface area contributed by atoms with Crippen molar-refractivity contribution in [1.29, 1.82) is 5.26 Å². The molecule has 2 aromatic carbocycles. The van der Waals surface area contributed by atoms with Gasteiger partial charge in [-0.2, -0.15) is 5.26 Å². The fourth-order valence-electron chi connectivity index (χ4n) is 4.11. The summed E-state index contributed by atoms with van der Waals surface area (Å²) in [5.74, 6) is 0.426. The van der Waals surface area contributed by atoms with Gasteiger partial charge in [0.2, 0.25) is 0 Å². The second-order valence-electron chi connectivity index (χ2n) is 7.34. The molecule has 29 heavy (non-hydrogen) atoms. The van der Waals surface area contributed by atoms with Gasteiger partial charge in [-0.25, -0.2) is 0 Å². The number of benzene rings is 2. The number of nitriles is 1. The number of fused-ring (bicyclic) bond motifs is 1. The Morgan fingerprint density at radius 3 is 2.31 bits per heavy atom. The summed E-state index contributed by atoms with van der Waals surface area (Å²) < 4.78 is 11.6. The highest BCUT2D eigenvalue weighted by Crippen LogP contribution is 2.38. The van der Waals surface area contributed by atoms with Gasteiger partial charge in [0.05, 0.1) is 42.9 Å². The summed E-state index contributed by atoms with van der Waals surface area (Å²) in [4.78, 5) is 27.0. The van der Waals surface area contributed by atoms with Crippen molar-refractivity contribution in [3.63, 3.8) is 0 Å². The van der Waals surface area contributed by atoms with Crippen LogP contribution in [0.1, 0.15) is 64.4 Å². The Kier molecular flexibility index (Phi) is 5.22. The van der Waals surface area contributed by atoms with E-state index >= 15 is 0 Å². The third-order valence-electron chi connectivity index (χ3n) is 5.59. The SMILES string of the molecule is COc1ccc([C@@H](CC#N)N2C(=O)c3ccccc3C2=O)cc1OC1CCCC1. The van der Waals surface area contributed by atoms with Crippen LogP contribution >= 0.6 is 0 Å². The van der Waals surface area contributed by atoms with Crippen LogP contribution in [-0.2, 0) is 0 Å². The Labute approximate surface area is 169 Å². The van der Waals surface area contributed by atoms with Crippen LogP contribution in [0.15, 0.2) is 42.5 Å². The van der Waals surface area contributed by atoms with E-state index < -0.39 is 6.04 Å². The molecule has 0 N–H and O–H groups in total. The van der Waals surface area contributed by atoms with Gasteiger partial charge in [0.1, 0.15) is 0 Å². The smallest absolute Gasteiger partial charge is 0.262 e. The number of methoxy groups -OCH3 is 1. The highest BCUT2D eigenvalue weighted by molar-refractivity contribution is 6.21. The molecule has 2 amide bonds. The first-order valence-electron chi connectivity index (χ1n) is 9.82. The summed E-state index contributed by atoms with van der Waals surface area (Å²) in [5.41, 5.74) is 1.42. The zero-order valence-corrected chi connectivity index (χ0v) is 16.3. The summed E-state index contributed by atoms with van der Waals surface area (Å²) in [7, 11) is 1.58. The van der Waals surface area contributed by atoms with Gasteiger partial charge in [-0.05, 0) is 55.5 Å². The Balaban J connectivity index is 1.70. The van der Waals surface area contributed by atoms with Crippen LogP contribution in [0.25, 0.3) is 0 Å². The molecule has 0 radical (unpaired) electrons. The van der Waals surface area contributed by atoms with Crippen LogP contribution < -0.4 is 9.47 Å². The lowest BCUT2D eigenvalue weighted by Gasteiger charge is -2.26. The number of imide groups is 1. The van der Waals surface area contributed by atoms with E-state index in [2.05, 4.69) is 6.07 Å². The third kappa shape index (κ3) is 3.44. The van der Waals surface area contributed by atoms with Gasteiger partial charge < -0.3 is 9.47 Å². The molecule has 1 heterocycles. The van der Waals surface area contributed by atoms with Crippen molar-refractivity contribution in [2.75, 3.05) is 7.11 Å². The molecule has 2 aliphatic rings. The lowest BCUT2D eigenvalue weighted by molar-refractivity contribution is 0.0584. The Bertz CT molecular complexity index is 954. The molecule has 1 aliphatic heterocycles. The Morgan fingerprint density at radius 2 is 1.72 bits per heavy atom. The van der Waals surface area contributed by atoms with E-state index in [9.17, 15) is 14.9 Å². The van der Waals surface area contributed by atoms with Crippen molar-refractivity contribution in [2.45, 2.75) is 44.2 Å². The molecule has 0 aromatic heterocycles. The molecule has 1 saturated carbocycles. The molecule has 148 valence electrons. The zero-order chi connectivity index (χ0) is 20.4. The largest absolute Gasteiger partial charge is 0.493 e. The minimum absolute atomic E-state index is 0.000661. The second kappa shape index (κ2) is 7.96. The first-order chi connectivity index (χ1) is 14.1. The van der Waals surface area contributed by atoms with Gasteiger partial charge in [-0.3, -0.25) is 14.5 Å². The van der Waals surface area contributed by atoms with Crippen LogP contribution in [-0.4, -0.2) is 29.9 Å². The topological polar surface area (TPSA) is 79.6 Å². The molecular weight excluding hydrogens is 368 g/mol. The minimum Gasteiger partial charge on any atom is -0.493 e. The Hall–Kier alpha value is -3.33. The van der Waals surface area contributed by atoms with Crippen molar-refractivity contribution in [2.24, 2.45) is 0 Å². The quantitative estimate of drug-likeness (QED) is 0.688. The summed E-state index contributed by atoms with van der Waals surface area (Å²) in [6.45, 7) is 0. The molecule has 4 rings (SSSR count). The molecule has 0 unspecified atom stereocenters. The lowest BCUT2D eigenvalue weighted by atomic mass is 10.0. The third-order valence-corrected chi connectivity index (χ3v) is 5.59. The van der Waals surface area contributed by atoms with Gasteiger partial charge in [-0.1, -0.05) is 18.2 Å². The monoisotopic (exact) mass is 390 g/mol. The van der Waals surface area contributed by atoms with Gasteiger partial charge in [-0.15, -0.1) is 0 Å². The highest BCUT2D eigenvalue weighted by Gasteiger charge is 2.40. The Morgan fingerprint density at radius 1 is 1.07 bits per heavy atom. The van der Waals surface area contributed by atoms with Crippen molar-refractivity contribution in [3.8, 4) is 17.6 Å². The molecule has 0 spiro atoms. The van der Waals surface area contributed by atoms with Crippen molar-refractivity contribution in [1.82, 2.24) is 4.90 Å². The number of hydrogen-bond acceptors (Lipinski definition) is 5. The summed E-state index contributed by atoms with van der Waals surface area (Å²) in [6, 6.07) is 13.5. The molecular formula is C23H22N2O4. The summed E-state index contributed by atoms with van der Waals surface area (Å²) >= 11 is 0. The molecule has 2 aromatic rings. The molecule has 0 bridgehead atoms. The predicted molar refractivity (Wildman–Crippen MR) is 106 cm³/mol. The number of carbonyl (C=O) groups excluding carboxylic acids is 2. The fraction of sp³-hybridized carbons (Fsp3) is 0.348. The molecule has 1 fully saturated rings. The predicted octanol–water partition coefficient (Wildman–Crippen LogP) is 4.27. The maximum absolute atomic E-state index is 12.9. The fourth-order valence-corrected chi connectivity index (χ4v) is 4.11. The number of rotatable bonds is 6. The van der Waals surface area contributed by atoms with E-state index in [1.165, 1.54) is 4.90 Å². The van der Waals surface area contributed by atoms with Gasteiger partial charge >= 0.3 is 0 Å².